The smallest absolute Gasteiger partial charge is 0.416 e. The number of fused-ring (bicyclic) bond motifs is 1. The van der Waals surface area contributed by atoms with Crippen LogP contribution in [0.25, 0.3) is 0 Å². The number of aromatic nitrogens is 1. The number of anilines is 2. The molecule has 0 saturated heterocycles. The van der Waals surface area contributed by atoms with Crippen molar-refractivity contribution >= 4 is 23.5 Å². The average Bonchev–Trinajstić information content (AvgIpc) is 2.87. The monoisotopic (exact) mass is 513 g/mol. The Labute approximate surface area is 214 Å². The summed E-state index contributed by atoms with van der Waals surface area (Å²) in [6.07, 6.45) is 0.532. The molecule has 2 amide bonds. The van der Waals surface area contributed by atoms with Gasteiger partial charge in [0.15, 0.2) is 0 Å². The third kappa shape index (κ3) is 6.87. The van der Waals surface area contributed by atoms with E-state index in [0.29, 0.717) is 42.3 Å². The van der Waals surface area contributed by atoms with Crippen LogP contribution in [-0.4, -0.2) is 29.5 Å². The minimum absolute atomic E-state index is 0.182. The topological polar surface area (TPSA) is 71.5 Å². The van der Waals surface area contributed by atoms with E-state index < -0.39 is 11.7 Å². The molecule has 6 nitrogen and oxygen atoms in total. The van der Waals surface area contributed by atoms with Gasteiger partial charge in [0.1, 0.15) is 23.1 Å². The maximum absolute atomic E-state index is 13.4. The number of carbonyl (C=O) groups excluding carboxylic acids is 2. The lowest BCUT2D eigenvalue weighted by atomic mass is 9.98. The molecule has 1 aliphatic heterocycles. The predicted molar refractivity (Wildman–Crippen MR) is 138 cm³/mol. The van der Waals surface area contributed by atoms with Gasteiger partial charge in [0, 0.05) is 18.5 Å². The number of pyridine rings is 1. The Morgan fingerprint density at radius 2 is 1.92 bits per heavy atom. The van der Waals surface area contributed by atoms with Gasteiger partial charge >= 0.3 is 6.18 Å². The number of carbonyl (C=O) groups is 2. The highest BCUT2D eigenvalue weighted by Crippen LogP contribution is 2.31. The van der Waals surface area contributed by atoms with E-state index >= 15 is 0 Å². The molecule has 1 N–H and O–H groups in total. The molecule has 1 aromatic carbocycles. The summed E-state index contributed by atoms with van der Waals surface area (Å²) in [6.45, 7) is 6.92. The van der Waals surface area contributed by atoms with Crippen LogP contribution in [0.15, 0.2) is 71.5 Å². The first kappa shape index (κ1) is 27.7. The Morgan fingerprint density at radius 3 is 2.57 bits per heavy atom. The lowest BCUT2D eigenvalue weighted by Crippen LogP contribution is -2.38. The standard InChI is InChI=1S/C28H30F3N3O3/c1-5-18(4)23(28(29,30)31)14-13-20(6-2)37-21-12-11-19-15-16-34(27(36)22(19)17-21)25-10-8-9-24(32-25)33-26(35)7-3/h6,8-14,17H,5,7,15-16H2,1-4H3,(H,32,33,35)/b14-13-,20-6+,23-18?. The normalized spacial score (nSPS) is 14.9. The van der Waals surface area contributed by atoms with Crippen molar-refractivity contribution < 1.29 is 27.5 Å². The SMILES string of the molecule is C/C=C(\C=C/C(=C(C)CC)C(F)(F)F)Oc1ccc2c(c1)C(=O)N(c1cccc(NC(=O)CC)n1)CC2. The number of ether oxygens (including phenoxy) is 1. The van der Waals surface area contributed by atoms with Gasteiger partial charge in [-0.05, 0) is 74.7 Å². The van der Waals surface area contributed by atoms with Crippen molar-refractivity contribution in [2.75, 3.05) is 16.8 Å². The number of benzene rings is 1. The summed E-state index contributed by atoms with van der Waals surface area (Å²) in [5.41, 5.74) is 0.776. The van der Waals surface area contributed by atoms with Crippen LogP contribution in [0, 0.1) is 0 Å². The first-order chi connectivity index (χ1) is 17.6. The molecule has 0 spiro atoms. The second-order valence-corrected chi connectivity index (χ2v) is 8.48. The summed E-state index contributed by atoms with van der Waals surface area (Å²) < 4.78 is 46.1. The number of rotatable bonds is 8. The molecule has 2 aromatic rings. The van der Waals surface area contributed by atoms with Gasteiger partial charge in [-0.2, -0.15) is 13.2 Å². The van der Waals surface area contributed by atoms with E-state index in [2.05, 4.69) is 10.3 Å². The van der Waals surface area contributed by atoms with E-state index in [1.807, 2.05) is 0 Å². The Hall–Kier alpha value is -3.88. The van der Waals surface area contributed by atoms with Gasteiger partial charge in [-0.25, -0.2) is 4.98 Å². The minimum atomic E-state index is -4.47. The molecule has 1 aromatic heterocycles. The summed E-state index contributed by atoms with van der Waals surface area (Å²) in [7, 11) is 0. The number of hydrogen-bond donors (Lipinski definition) is 1. The molecular weight excluding hydrogens is 483 g/mol. The highest BCUT2D eigenvalue weighted by atomic mass is 19.4. The predicted octanol–water partition coefficient (Wildman–Crippen LogP) is 6.76. The summed E-state index contributed by atoms with van der Waals surface area (Å²) in [5, 5.41) is 2.69. The average molecular weight is 514 g/mol. The van der Waals surface area contributed by atoms with Crippen LogP contribution in [-0.2, 0) is 11.2 Å². The van der Waals surface area contributed by atoms with Crippen molar-refractivity contribution in [1.29, 1.82) is 0 Å². The Balaban J connectivity index is 1.83. The fraction of sp³-hybridized carbons (Fsp3) is 0.321. The number of nitrogens with one attached hydrogen (secondary N) is 1. The zero-order valence-electron chi connectivity index (χ0n) is 21.3. The molecule has 0 bridgehead atoms. The summed E-state index contributed by atoms with van der Waals surface area (Å²) in [5.74, 6) is 0.843. The van der Waals surface area contributed by atoms with Crippen molar-refractivity contribution in [3.8, 4) is 5.75 Å². The highest BCUT2D eigenvalue weighted by molar-refractivity contribution is 6.08. The number of halogens is 3. The number of hydrogen-bond acceptors (Lipinski definition) is 4. The highest BCUT2D eigenvalue weighted by Gasteiger charge is 2.33. The molecule has 0 saturated carbocycles. The van der Waals surface area contributed by atoms with E-state index in [-0.39, 0.29) is 29.6 Å². The van der Waals surface area contributed by atoms with Crippen LogP contribution in [0.2, 0.25) is 0 Å². The van der Waals surface area contributed by atoms with Crippen LogP contribution in [0.3, 0.4) is 0 Å². The number of allylic oxidation sites excluding steroid dienone is 5. The largest absolute Gasteiger partial charge is 0.458 e. The van der Waals surface area contributed by atoms with Gasteiger partial charge in [-0.15, -0.1) is 0 Å². The number of alkyl halides is 3. The van der Waals surface area contributed by atoms with E-state index in [0.717, 1.165) is 11.6 Å². The molecule has 0 atom stereocenters. The summed E-state index contributed by atoms with van der Waals surface area (Å²) in [6, 6.07) is 10.1. The van der Waals surface area contributed by atoms with Crippen molar-refractivity contribution in [2.45, 2.75) is 53.1 Å². The van der Waals surface area contributed by atoms with Gasteiger partial charge in [0.25, 0.3) is 5.91 Å². The third-order valence-corrected chi connectivity index (χ3v) is 5.99. The molecule has 1 aliphatic rings. The van der Waals surface area contributed by atoms with Crippen molar-refractivity contribution in [1.82, 2.24) is 4.98 Å². The van der Waals surface area contributed by atoms with Gasteiger partial charge in [0.05, 0.1) is 5.57 Å². The maximum atomic E-state index is 13.4. The van der Waals surface area contributed by atoms with E-state index in [1.165, 1.54) is 17.9 Å². The molecule has 2 heterocycles. The first-order valence-corrected chi connectivity index (χ1v) is 12.1. The molecular formula is C28H30F3N3O3. The maximum Gasteiger partial charge on any atom is 0.416 e. The summed E-state index contributed by atoms with van der Waals surface area (Å²) in [4.78, 5) is 31.0. The first-order valence-electron chi connectivity index (χ1n) is 12.1. The molecule has 3 rings (SSSR count). The minimum Gasteiger partial charge on any atom is -0.458 e. The Kier molecular flexibility index (Phi) is 8.91. The quantitative estimate of drug-likeness (QED) is 0.313. The van der Waals surface area contributed by atoms with Crippen LogP contribution in [0.4, 0.5) is 24.8 Å². The molecule has 9 heteroatoms. The molecule has 37 heavy (non-hydrogen) atoms. The lowest BCUT2D eigenvalue weighted by molar-refractivity contribution is -0.115. The number of amides is 2. The molecule has 0 aliphatic carbocycles. The van der Waals surface area contributed by atoms with E-state index in [4.69, 9.17) is 4.74 Å². The molecule has 0 fully saturated rings. The fourth-order valence-corrected chi connectivity index (χ4v) is 3.77. The number of nitrogens with zero attached hydrogens (tertiary/aromatic N) is 2. The van der Waals surface area contributed by atoms with Crippen LogP contribution in [0.5, 0.6) is 5.75 Å². The lowest BCUT2D eigenvalue weighted by Gasteiger charge is -2.28. The summed E-state index contributed by atoms with van der Waals surface area (Å²) >= 11 is 0. The van der Waals surface area contributed by atoms with Gasteiger partial charge < -0.3 is 10.1 Å². The van der Waals surface area contributed by atoms with Crippen LogP contribution < -0.4 is 15.0 Å². The van der Waals surface area contributed by atoms with Crippen molar-refractivity contribution in [3.05, 3.63) is 82.7 Å². The molecule has 196 valence electrons. The van der Waals surface area contributed by atoms with Gasteiger partial charge in [0.2, 0.25) is 5.91 Å². The third-order valence-electron chi connectivity index (χ3n) is 5.99. The molecule has 0 radical (unpaired) electrons. The second kappa shape index (κ2) is 11.9. The van der Waals surface area contributed by atoms with Crippen LogP contribution in [0.1, 0.15) is 56.5 Å². The van der Waals surface area contributed by atoms with Gasteiger partial charge in [-0.1, -0.05) is 31.6 Å². The Morgan fingerprint density at radius 1 is 1.16 bits per heavy atom. The Bertz CT molecular complexity index is 1260. The van der Waals surface area contributed by atoms with E-state index in [1.54, 1.807) is 63.2 Å². The van der Waals surface area contributed by atoms with Gasteiger partial charge in [-0.3, -0.25) is 14.5 Å². The molecule has 0 unspecified atom stereocenters. The second-order valence-electron chi connectivity index (χ2n) is 8.48. The van der Waals surface area contributed by atoms with Crippen molar-refractivity contribution in [3.63, 3.8) is 0 Å². The zero-order chi connectivity index (χ0) is 27.2. The van der Waals surface area contributed by atoms with E-state index in [9.17, 15) is 22.8 Å². The van der Waals surface area contributed by atoms with Crippen LogP contribution >= 0.6 is 0 Å². The van der Waals surface area contributed by atoms with Crippen molar-refractivity contribution in [2.24, 2.45) is 0 Å². The fourth-order valence-electron chi connectivity index (χ4n) is 3.77. The zero-order valence-corrected chi connectivity index (χ0v) is 21.3.